The van der Waals surface area contributed by atoms with Crippen molar-refractivity contribution in [3.63, 3.8) is 0 Å². The van der Waals surface area contributed by atoms with Crippen LogP contribution in [0.4, 0.5) is 23.7 Å². The number of benzene rings is 1. The molecule has 0 atom stereocenters. The predicted molar refractivity (Wildman–Crippen MR) is 51.8 cm³/mol. The molecule has 1 fully saturated rings. The molecule has 90 valence electrons. The number of carbonyl (C=O) groups is 2. The molecule has 0 spiro atoms. The number of nitrogens with one attached hydrogen (secondary N) is 1. The maximum atomic E-state index is 13.4. The largest absolute Gasteiger partial charge is 0.328 e. The van der Waals surface area contributed by atoms with Crippen LogP contribution < -0.4 is 10.2 Å². The highest BCUT2D eigenvalue weighted by molar-refractivity contribution is 6.05. The van der Waals surface area contributed by atoms with Crippen molar-refractivity contribution in [2.24, 2.45) is 0 Å². The van der Waals surface area contributed by atoms with Crippen LogP contribution in [0.3, 0.4) is 0 Å². The smallest absolute Gasteiger partial charge is 0.290 e. The predicted octanol–water partition coefficient (Wildman–Crippen LogP) is 1.55. The van der Waals surface area contributed by atoms with Crippen LogP contribution in [0.15, 0.2) is 12.1 Å². The van der Waals surface area contributed by atoms with Gasteiger partial charge in [-0.1, -0.05) is 0 Å². The molecule has 0 radical (unpaired) electrons. The van der Waals surface area contributed by atoms with Crippen molar-refractivity contribution in [2.75, 3.05) is 11.4 Å². The summed E-state index contributed by atoms with van der Waals surface area (Å²) in [6.45, 7) is -0.121. The van der Waals surface area contributed by atoms with E-state index in [1.54, 1.807) is 0 Å². The number of hydrogen-bond donors (Lipinski definition) is 1. The summed E-state index contributed by atoms with van der Waals surface area (Å²) in [6, 6.07) is 0.185. The fourth-order valence-corrected chi connectivity index (χ4v) is 1.53. The second kappa shape index (κ2) is 4.08. The molecule has 1 heterocycles. The lowest BCUT2D eigenvalue weighted by Crippen LogP contribution is -2.50. The molecule has 1 aromatic carbocycles. The van der Waals surface area contributed by atoms with Gasteiger partial charge < -0.3 is 0 Å². The Morgan fingerprint density at radius 3 is 2.53 bits per heavy atom. The number of hydrogen-bond acceptors (Lipinski definition) is 2. The van der Waals surface area contributed by atoms with Crippen molar-refractivity contribution in [3.8, 4) is 0 Å². The van der Waals surface area contributed by atoms with Crippen LogP contribution in [-0.2, 0) is 4.79 Å². The Kier molecular flexibility index (Phi) is 2.74. The molecule has 17 heavy (non-hydrogen) atoms. The molecular weight excluding hydrogens is 237 g/mol. The van der Waals surface area contributed by atoms with Gasteiger partial charge in [-0.3, -0.25) is 15.0 Å². The van der Waals surface area contributed by atoms with Crippen molar-refractivity contribution in [1.82, 2.24) is 5.32 Å². The number of anilines is 1. The Bertz CT molecular complexity index is 505. The van der Waals surface area contributed by atoms with Crippen LogP contribution in [0.2, 0.25) is 0 Å². The highest BCUT2D eigenvalue weighted by atomic mass is 19.2. The average molecular weight is 244 g/mol. The summed E-state index contributed by atoms with van der Waals surface area (Å²) in [5, 5.41) is 1.93. The van der Waals surface area contributed by atoms with Crippen molar-refractivity contribution < 1.29 is 22.8 Å². The van der Waals surface area contributed by atoms with E-state index in [1.807, 2.05) is 5.32 Å². The molecule has 2 rings (SSSR count). The number of nitrogens with zero attached hydrogens (tertiary/aromatic N) is 1. The number of imide groups is 1. The summed E-state index contributed by atoms with van der Waals surface area (Å²) >= 11 is 0. The third-order valence-corrected chi connectivity index (χ3v) is 2.32. The number of rotatable bonds is 1. The molecule has 4 nitrogen and oxygen atoms in total. The normalized spacial score (nSPS) is 16.1. The highest BCUT2D eigenvalue weighted by Crippen LogP contribution is 2.24. The van der Waals surface area contributed by atoms with Gasteiger partial charge in [-0.15, -0.1) is 0 Å². The van der Waals surface area contributed by atoms with E-state index in [0.717, 1.165) is 4.90 Å². The topological polar surface area (TPSA) is 49.4 Å². The Hall–Kier alpha value is -2.05. The Balaban J connectivity index is 2.40. The van der Waals surface area contributed by atoms with E-state index >= 15 is 0 Å². The molecule has 1 N–H and O–H groups in total. The van der Waals surface area contributed by atoms with Gasteiger partial charge in [0.05, 0.1) is 5.69 Å². The molecule has 1 aromatic rings. The molecule has 0 aliphatic carbocycles. The SMILES string of the molecule is O=C1CCN(c2cc(F)cc(F)c2F)C(=O)N1. The minimum Gasteiger partial charge on any atom is -0.290 e. The summed E-state index contributed by atoms with van der Waals surface area (Å²) in [5.41, 5.74) is -0.521. The first kappa shape index (κ1) is 11.4. The standard InChI is InChI=1S/C10H7F3N2O2/c11-5-3-6(12)9(13)7(4-5)15-2-1-8(16)14-10(15)17/h3-4H,1-2H2,(H,14,16,17). The third-order valence-electron chi connectivity index (χ3n) is 2.32. The van der Waals surface area contributed by atoms with Gasteiger partial charge in [0.2, 0.25) is 5.91 Å². The zero-order chi connectivity index (χ0) is 12.6. The van der Waals surface area contributed by atoms with E-state index in [0.29, 0.717) is 12.1 Å². The van der Waals surface area contributed by atoms with E-state index < -0.39 is 35.1 Å². The molecule has 0 saturated carbocycles. The second-order valence-corrected chi connectivity index (χ2v) is 3.48. The summed E-state index contributed by atoms with van der Waals surface area (Å²) in [7, 11) is 0. The first-order valence-electron chi connectivity index (χ1n) is 4.75. The number of carbonyl (C=O) groups excluding carboxylic acids is 2. The van der Waals surface area contributed by atoms with Gasteiger partial charge in [0.15, 0.2) is 11.6 Å². The van der Waals surface area contributed by atoms with Gasteiger partial charge >= 0.3 is 6.03 Å². The molecule has 1 aliphatic heterocycles. The van der Waals surface area contributed by atoms with Gasteiger partial charge in [0.25, 0.3) is 0 Å². The molecule has 0 unspecified atom stereocenters. The first-order valence-corrected chi connectivity index (χ1v) is 4.75. The molecule has 0 bridgehead atoms. The van der Waals surface area contributed by atoms with E-state index in [1.165, 1.54) is 0 Å². The van der Waals surface area contributed by atoms with E-state index in [-0.39, 0.29) is 13.0 Å². The molecule has 1 aliphatic rings. The van der Waals surface area contributed by atoms with Crippen molar-refractivity contribution in [2.45, 2.75) is 6.42 Å². The van der Waals surface area contributed by atoms with E-state index in [9.17, 15) is 22.8 Å². The minimum atomic E-state index is -1.38. The van der Waals surface area contributed by atoms with Gasteiger partial charge in [-0.2, -0.15) is 0 Å². The molecule has 7 heteroatoms. The number of halogens is 3. The quantitative estimate of drug-likeness (QED) is 0.762. The molecule has 0 aromatic heterocycles. The van der Waals surface area contributed by atoms with Gasteiger partial charge in [0.1, 0.15) is 5.82 Å². The molecule has 3 amide bonds. The Morgan fingerprint density at radius 2 is 1.88 bits per heavy atom. The fourth-order valence-electron chi connectivity index (χ4n) is 1.53. The third kappa shape index (κ3) is 2.08. The van der Waals surface area contributed by atoms with Crippen molar-refractivity contribution in [1.29, 1.82) is 0 Å². The van der Waals surface area contributed by atoms with Crippen LogP contribution in [0.1, 0.15) is 6.42 Å². The first-order chi connectivity index (χ1) is 7.99. The minimum absolute atomic E-state index is 0.0523. The summed E-state index contributed by atoms with van der Waals surface area (Å²) < 4.78 is 39.3. The zero-order valence-electron chi connectivity index (χ0n) is 8.47. The Labute approximate surface area is 94.0 Å². The lowest BCUT2D eigenvalue weighted by molar-refractivity contribution is -0.120. The Morgan fingerprint density at radius 1 is 1.18 bits per heavy atom. The van der Waals surface area contributed by atoms with Crippen LogP contribution in [0.5, 0.6) is 0 Å². The van der Waals surface area contributed by atoms with Gasteiger partial charge in [-0.05, 0) is 0 Å². The number of amides is 3. The van der Waals surface area contributed by atoms with Crippen LogP contribution in [0, 0.1) is 17.5 Å². The second-order valence-electron chi connectivity index (χ2n) is 3.48. The lowest BCUT2D eigenvalue weighted by atomic mass is 10.2. The summed E-state index contributed by atoms with van der Waals surface area (Å²) in [6.07, 6.45) is -0.0523. The monoisotopic (exact) mass is 244 g/mol. The van der Waals surface area contributed by atoms with Crippen molar-refractivity contribution >= 4 is 17.6 Å². The van der Waals surface area contributed by atoms with E-state index in [2.05, 4.69) is 0 Å². The van der Waals surface area contributed by atoms with Crippen LogP contribution in [-0.4, -0.2) is 18.5 Å². The van der Waals surface area contributed by atoms with Crippen LogP contribution in [0.25, 0.3) is 0 Å². The molecular formula is C10H7F3N2O2. The van der Waals surface area contributed by atoms with Gasteiger partial charge in [-0.25, -0.2) is 18.0 Å². The highest BCUT2D eigenvalue weighted by Gasteiger charge is 2.27. The fraction of sp³-hybridized carbons (Fsp3) is 0.200. The molecule has 1 saturated heterocycles. The number of urea groups is 1. The lowest BCUT2D eigenvalue weighted by Gasteiger charge is -2.26. The van der Waals surface area contributed by atoms with Gasteiger partial charge in [0, 0.05) is 25.1 Å². The zero-order valence-corrected chi connectivity index (χ0v) is 8.47. The van der Waals surface area contributed by atoms with Crippen LogP contribution >= 0.6 is 0 Å². The maximum absolute atomic E-state index is 13.4. The van der Waals surface area contributed by atoms with Crippen molar-refractivity contribution in [3.05, 3.63) is 29.6 Å². The maximum Gasteiger partial charge on any atom is 0.328 e. The summed E-state index contributed by atoms with van der Waals surface area (Å²) in [4.78, 5) is 23.0. The summed E-state index contributed by atoms with van der Waals surface area (Å²) in [5.74, 6) is -4.22. The average Bonchev–Trinajstić information content (AvgIpc) is 2.24. The van der Waals surface area contributed by atoms with E-state index in [4.69, 9.17) is 0 Å².